The van der Waals surface area contributed by atoms with Crippen LogP contribution in [0.4, 0.5) is 0 Å². The zero-order chi connectivity index (χ0) is 16.1. The van der Waals surface area contributed by atoms with Crippen LogP contribution in [0.1, 0.15) is 15.9 Å². The number of ketones is 1. The van der Waals surface area contributed by atoms with Crippen molar-refractivity contribution in [1.82, 2.24) is 9.78 Å². The molecule has 116 valence electrons. The van der Waals surface area contributed by atoms with Crippen molar-refractivity contribution in [3.63, 3.8) is 0 Å². The second-order valence-electron chi connectivity index (χ2n) is 4.52. The number of aryl methyl sites for hydroxylation is 1. The molecule has 0 radical (unpaired) electrons. The zero-order valence-electron chi connectivity index (χ0n) is 13.0. The highest BCUT2D eigenvalue weighted by Crippen LogP contribution is 2.40. The minimum absolute atomic E-state index is 0.134. The fourth-order valence-electron chi connectivity index (χ4n) is 2.07. The van der Waals surface area contributed by atoms with Gasteiger partial charge in [0.15, 0.2) is 17.3 Å². The first-order valence-electron chi connectivity index (χ1n) is 6.60. The maximum Gasteiger partial charge on any atom is 0.203 e. The van der Waals surface area contributed by atoms with Crippen molar-refractivity contribution in [2.24, 2.45) is 7.05 Å². The Labute approximate surface area is 128 Å². The molecule has 0 amide bonds. The topological polar surface area (TPSA) is 62.6 Å². The number of nitrogens with zero attached hydrogens (tertiary/aromatic N) is 2. The van der Waals surface area contributed by atoms with Gasteiger partial charge in [-0.1, -0.05) is 0 Å². The first kappa shape index (κ1) is 15.6. The average Bonchev–Trinajstić information content (AvgIpc) is 2.97. The Morgan fingerprint density at radius 2 is 1.86 bits per heavy atom. The van der Waals surface area contributed by atoms with E-state index in [1.165, 1.54) is 26.5 Å². The summed E-state index contributed by atoms with van der Waals surface area (Å²) in [5.74, 6) is 1.43. The maximum atomic E-state index is 12.1. The van der Waals surface area contributed by atoms with Crippen LogP contribution in [0.5, 0.6) is 17.2 Å². The third-order valence-electron chi connectivity index (χ3n) is 3.14. The SMILES string of the molecule is COc1ccc(/C=C\C(=O)c2cnn(C)c2)c(OC)c1OC. The third-order valence-corrected chi connectivity index (χ3v) is 3.14. The van der Waals surface area contributed by atoms with Crippen LogP contribution < -0.4 is 14.2 Å². The van der Waals surface area contributed by atoms with Gasteiger partial charge in [-0.25, -0.2) is 0 Å². The number of benzene rings is 1. The summed E-state index contributed by atoms with van der Waals surface area (Å²) in [5, 5.41) is 3.98. The summed E-state index contributed by atoms with van der Waals surface area (Å²) in [5.41, 5.74) is 1.25. The van der Waals surface area contributed by atoms with Gasteiger partial charge >= 0.3 is 0 Å². The van der Waals surface area contributed by atoms with Crippen molar-refractivity contribution in [1.29, 1.82) is 0 Å². The van der Waals surface area contributed by atoms with Gasteiger partial charge in [-0.2, -0.15) is 5.10 Å². The molecule has 1 heterocycles. The van der Waals surface area contributed by atoms with Crippen LogP contribution in [0.15, 0.2) is 30.6 Å². The number of allylic oxidation sites excluding steroid dienone is 1. The van der Waals surface area contributed by atoms with Crippen LogP contribution in [-0.2, 0) is 7.05 Å². The van der Waals surface area contributed by atoms with Gasteiger partial charge in [-0.15, -0.1) is 0 Å². The van der Waals surface area contributed by atoms with Crippen LogP contribution in [0.25, 0.3) is 6.08 Å². The van der Waals surface area contributed by atoms with E-state index in [4.69, 9.17) is 14.2 Å². The molecular weight excluding hydrogens is 284 g/mol. The Morgan fingerprint density at radius 3 is 2.41 bits per heavy atom. The van der Waals surface area contributed by atoms with Gasteiger partial charge in [0.2, 0.25) is 5.75 Å². The predicted octanol–water partition coefficient (Wildman–Crippen LogP) is 2.34. The van der Waals surface area contributed by atoms with Gasteiger partial charge in [0.1, 0.15) is 0 Å². The molecule has 1 aromatic heterocycles. The Morgan fingerprint density at radius 1 is 1.14 bits per heavy atom. The van der Waals surface area contributed by atoms with Crippen molar-refractivity contribution < 1.29 is 19.0 Å². The Balaban J connectivity index is 2.32. The van der Waals surface area contributed by atoms with E-state index in [0.717, 1.165) is 5.56 Å². The van der Waals surface area contributed by atoms with Crippen molar-refractivity contribution in [2.45, 2.75) is 0 Å². The summed E-state index contributed by atoms with van der Waals surface area (Å²) in [7, 11) is 6.39. The van der Waals surface area contributed by atoms with E-state index in [1.54, 1.807) is 43.2 Å². The molecule has 0 aliphatic rings. The van der Waals surface area contributed by atoms with Crippen molar-refractivity contribution >= 4 is 11.9 Å². The van der Waals surface area contributed by atoms with Crippen LogP contribution in [0, 0.1) is 0 Å². The van der Waals surface area contributed by atoms with Gasteiger partial charge in [-0.05, 0) is 24.3 Å². The van der Waals surface area contributed by atoms with Crippen LogP contribution >= 0.6 is 0 Å². The van der Waals surface area contributed by atoms with Gasteiger partial charge in [0.05, 0.1) is 33.1 Å². The molecule has 0 fully saturated rings. The van der Waals surface area contributed by atoms with E-state index in [1.807, 2.05) is 0 Å². The molecule has 22 heavy (non-hydrogen) atoms. The number of methoxy groups -OCH3 is 3. The highest BCUT2D eigenvalue weighted by molar-refractivity contribution is 6.06. The monoisotopic (exact) mass is 302 g/mol. The number of carbonyl (C=O) groups excluding carboxylic acids is 1. The fourth-order valence-corrected chi connectivity index (χ4v) is 2.07. The van der Waals surface area contributed by atoms with Crippen molar-refractivity contribution in [3.05, 3.63) is 41.7 Å². The first-order valence-corrected chi connectivity index (χ1v) is 6.60. The molecule has 0 atom stereocenters. The number of hydrogen-bond donors (Lipinski definition) is 0. The van der Waals surface area contributed by atoms with Gasteiger partial charge < -0.3 is 14.2 Å². The normalized spacial score (nSPS) is 10.7. The molecule has 0 saturated heterocycles. The minimum atomic E-state index is -0.134. The van der Waals surface area contributed by atoms with Crippen molar-refractivity contribution in [2.75, 3.05) is 21.3 Å². The van der Waals surface area contributed by atoms with E-state index in [9.17, 15) is 4.79 Å². The maximum absolute atomic E-state index is 12.1. The summed E-state index contributed by atoms with van der Waals surface area (Å²) in [4.78, 5) is 12.1. The minimum Gasteiger partial charge on any atom is -0.493 e. The largest absolute Gasteiger partial charge is 0.493 e. The van der Waals surface area contributed by atoms with Gasteiger partial charge in [0, 0.05) is 18.8 Å². The summed E-state index contributed by atoms with van der Waals surface area (Å²) < 4.78 is 17.5. The second kappa shape index (κ2) is 6.80. The summed E-state index contributed by atoms with van der Waals surface area (Å²) in [6.07, 6.45) is 6.34. The Kier molecular flexibility index (Phi) is 4.83. The van der Waals surface area contributed by atoms with E-state index in [2.05, 4.69) is 5.10 Å². The highest BCUT2D eigenvalue weighted by Gasteiger charge is 2.14. The number of carbonyl (C=O) groups is 1. The van der Waals surface area contributed by atoms with Gasteiger partial charge in [-0.3, -0.25) is 9.48 Å². The van der Waals surface area contributed by atoms with Crippen LogP contribution in [0.2, 0.25) is 0 Å². The van der Waals surface area contributed by atoms with Crippen LogP contribution in [0.3, 0.4) is 0 Å². The fraction of sp³-hybridized carbons (Fsp3) is 0.250. The molecule has 0 aliphatic carbocycles. The lowest BCUT2D eigenvalue weighted by atomic mass is 10.1. The molecule has 1 aromatic carbocycles. The molecule has 0 bridgehead atoms. The lowest BCUT2D eigenvalue weighted by molar-refractivity contribution is 0.104. The predicted molar refractivity (Wildman–Crippen MR) is 82.7 cm³/mol. The van der Waals surface area contributed by atoms with Gasteiger partial charge in [0.25, 0.3) is 0 Å². The quantitative estimate of drug-likeness (QED) is 0.605. The smallest absolute Gasteiger partial charge is 0.203 e. The molecule has 6 heteroatoms. The molecule has 0 spiro atoms. The second-order valence-corrected chi connectivity index (χ2v) is 4.52. The molecule has 0 unspecified atom stereocenters. The standard InChI is InChI=1S/C16H18N2O4/c1-18-10-12(9-17-18)13(19)7-5-11-6-8-14(20-2)16(22-4)15(11)21-3/h5-10H,1-4H3/b7-5-. The highest BCUT2D eigenvalue weighted by atomic mass is 16.5. The summed E-state index contributed by atoms with van der Waals surface area (Å²) in [6.45, 7) is 0. The Hall–Kier alpha value is -2.76. The number of rotatable bonds is 6. The molecular formula is C16H18N2O4. The number of ether oxygens (including phenoxy) is 3. The van der Waals surface area contributed by atoms with Crippen LogP contribution in [-0.4, -0.2) is 36.9 Å². The van der Waals surface area contributed by atoms with E-state index >= 15 is 0 Å². The summed E-state index contributed by atoms with van der Waals surface area (Å²) in [6, 6.07) is 3.56. The lowest BCUT2D eigenvalue weighted by Gasteiger charge is -2.13. The molecule has 0 N–H and O–H groups in total. The zero-order valence-corrected chi connectivity index (χ0v) is 13.0. The van der Waals surface area contributed by atoms with E-state index < -0.39 is 0 Å². The molecule has 0 aliphatic heterocycles. The first-order chi connectivity index (χ1) is 10.6. The molecule has 2 aromatic rings. The average molecular weight is 302 g/mol. The van der Waals surface area contributed by atoms with E-state index in [-0.39, 0.29) is 5.78 Å². The summed E-state index contributed by atoms with van der Waals surface area (Å²) >= 11 is 0. The third kappa shape index (κ3) is 3.11. The number of aromatic nitrogens is 2. The molecule has 2 rings (SSSR count). The Bertz CT molecular complexity index is 704. The molecule has 0 saturated carbocycles. The van der Waals surface area contributed by atoms with E-state index in [0.29, 0.717) is 22.8 Å². The lowest BCUT2D eigenvalue weighted by Crippen LogP contribution is -1.97. The van der Waals surface area contributed by atoms with Crippen molar-refractivity contribution in [3.8, 4) is 17.2 Å². The number of hydrogen-bond acceptors (Lipinski definition) is 5. The molecule has 6 nitrogen and oxygen atoms in total.